The smallest absolute Gasteiger partial charge is 0.224 e. The average molecular weight is 429 g/mol. The van der Waals surface area contributed by atoms with E-state index in [4.69, 9.17) is 5.73 Å². The average Bonchev–Trinajstić information content (AvgIpc) is 3.52. The Labute approximate surface area is 187 Å². The highest BCUT2D eigenvalue weighted by atomic mass is 16.3. The molecule has 1 atom stereocenters. The van der Waals surface area contributed by atoms with Crippen LogP contribution < -0.4 is 5.73 Å². The Morgan fingerprint density at radius 3 is 2.29 bits per heavy atom. The number of carbonyl (C=O) groups is 1. The Morgan fingerprint density at radius 1 is 1.16 bits per heavy atom. The molecule has 4 rings (SSSR count). The highest BCUT2D eigenvalue weighted by Crippen LogP contribution is 2.50. The molecular weight excluding hydrogens is 388 g/mol. The maximum Gasteiger partial charge on any atom is 0.224 e. The molecule has 1 aromatic carbocycles. The van der Waals surface area contributed by atoms with Gasteiger partial charge in [-0.2, -0.15) is 0 Å². The lowest BCUT2D eigenvalue weighted by Crippen LogP contribution is -2.56. The molecule has 3 N–H and O–H groups in total. The van der Waals surface area contributed by atoms with Crippen molar-refractivity contribution in [3.05, 3.63) is 35.9 Å². The van der Waals surface area contributed by atoms with Crippen molar-refractivity contribution in [1.29, 1.82) is 0 Å². The fourth-order valence-electron chi connectivity index (χ4n) is 5.90. The van der Waals surface area contributed by atoms with Crippen LogP contribution in [-0.2, 0) is 10.3 Å². The van der Waals surface area contributed by atoms with Gasteiger partial charge in [-0.25, -0.2) is 0 Å². The van der Waals surface area contributed by atoms with E-state index in [1.165, 1.54) is 18.4 Å². The molecular formula is C25H40N4O2. The Kier molecular flexibility index (Phi) is 5.97. The third-order valence-corrected chi connectivity index (χ3v) is 8.30. The molecule has 1 amide bonds. The van der Waals surface area contributed by atoms with Crippen LogP contribution in [0.1, 0.15) is 57.9 Å². The summed E-state index contributed by atoms with van der Waals surface area (Å²) in [6.07, 6.45) is 6.09. The minimum absolute atomic E-state index is 0.0304. The first-order valence-corrected chi connectivity index (χ1v) is 11.8. The molecule has 1 aromatic rings. The SMILES string of the molecule is CN(C)C1(c2ccccc2)CCC2(CC1)CN(CC(C)(C)C(N)=O)C(O)N2CC1CC1. The van der Waals surface area contributed by atoms with Crippen molar-refractivity contribution in [2.75, 3.05) is 33.7 Å². The molecule has 1 heterocycles. The Balaban J connectivity index is 1.58. The molecule has 1 spiro atoms. The summed E-state index contributed by atoms with van der Waals surface area (Å²) >= 11 is 0. The maximum atomic E-state index is 12.0. The predicted molar refractivity (Wildman–Crippen MR) is 123 cm³/mol. The van der Waals surface area contributed by atoms with Crippen molar-refractivity contribution in [2.24, 2.45) is 17.1 Å². The third kappa shape index (κ3) is 4.15. The Bertz CT molecular complexity index is 782. The van der Waals surface area contributed by atoms with Crippen molar-refractivity contribution in [1.82, 2.24) is 14.7 Å². The van der Waals surface area contributed by atoms with Crippen molar-refractivity contribution in [3.63, 3.8) is 0 Å². The van der Waals surface area contributed by atoms with Crippen LogP contribution in [0.2, 0.25) is 0 Å². The van der Waals surface area contributed by atoms with Gasteiger partial charge in [-0.1, -0.05) is 30.3 Å². The molecule has 0 bridgehead atoms. The van der Waals surface area contributed by atoms with Gasteiger partial charge < -0.3 is 10.8 Å². The van der Waals surface area contributed by atoms with E-state index in [9.17, 15) is 9.90 Å². The lowest BCUT2D eigenvalue weighted by molar-refractivity contribution is -0.131. The van der Waals surface area contributed by atoms with Gasteiger partial charge in [-0.15, -0.1) is 0 Å². The number of amides is 1. The highest BCUT2D eigenvalue weighted by Gasteiger charge is 2.56. The fraction of sp³-hybridized carbons (Fsp3) is 0.720. The standard InChI is InChI=1S/C25H40N4O2/c1-23(2,21(26)30)17-28-18-24(29(22(28)31)16-19-10-11-19)12-14-25(15-13-24,27(3)4)20-8-6-5-7-9-20/h5-9,19,22,31H,10-18H2,1-4H3,(H2,26,30). The summed E-state index contributed by atoms with van der Waals surface area (Å²) in [5.74, 6) is 0.388. The summed E-state index contributed by atoms with van der Waals surface area (Å²) in [6.45, 7) is 6.01. The summed E-state index contributed by atoms with van der Waals surface area (Å²) in [6, 6.07) is 10.9. The van der Waals surface area contributed by atoms with Gasteiger partial charge in [0.25, 0.3) is 0 Å². The second-order valence-corrected chi connectivity index (χ2v) is 11.1. The molecule has 1 aliphatic heterocycles. The maximum absolute atomic E-state index is 12.0. The number of benzene rings is 1. The van der Waals surface area contributed by atoms with Gasteiger partial charge in [0.2, 0.25) is 5.91 Å². The minimum Gasteiger partial charge on any atom is -0.369 e. The number of hydrogen-bond acceptors (Lipinski definition) is 5. The van der Waals surface area contributed by atoms with Crippen LogP contribution in [0, 0.1) is 11.3 Å². The van der Waals surface area contributed by atoms with E-state index >= 15 is 0 Å². The van der Waals surface area contributed by atoms with Crippen molar-refractivity contribution in [3.8, 4) is 0 Å². The van der Waals surface area contributed by atoms with Gasteiger partial charge in [-0.3, -0.25) is 19.5 Å². The molecule has 2 aliphatic carbocycles. The fourth-order valence-corrected chi connectivity index (χ4v) is 5.90. The van der Waals surface area contributed by atoms with E-state index in [-0.39, 0.29) is 17.0 Å². The van der Waals surface area contributed by atoms with Gasteiger partial charge in [0.15, 0.2) is 6.35 Å². The van der Waals surface area contributed by atoms with Gasteiger partial charge in [0.1, 0.15) is 0 Å². The molecule has 172 valence electrons. The van der Waals surface area contributed by atoms with E-state index < -0.39 is 11.8 Å². The molecule has 3 aliphatic rings. The summed E-state index contributed by atoms with van der Waals surface area (Å²) in [5, 5.41) is 11.3. The van der Waals surface area contributed by atoms with E-state index in [0.29, 0.717) is 12.5 Å². The summed E-state index contributed by atoms with van der Waals surface area (Å²) < 4.78 is 0. The molecule has 1 unspecified atom stereocenters. The summed E-state index contributed by atoms with van der Waals surface area (Å²) in [4.78, 5) is 18.8. The van der Waals surface area contributed by atoms with Crippen LogP contribution in [0.4, 0.5) is 0 Å². The number of nitrogens with two attached hydrogens (primary N) is 1. The van der Waals surface area contributed by atoms with Crippen molar-refractivity contribution >= 4 is 5.91 Å². The zero-order valence-corrected chi connectivity index (χ0v) is 19.7. The molecule has 0 aromatic heterocycles. The first-order valence-electron chi connectivity index (χ1n) is 11.8. The quantitative estimate of drug-likeness (QED) is 0.698. The monoisotopic (exact) mass is 428 g/mol. The first-order chi connectivity index (χ1) is 14.6. The Hall–Kier alpha value is -1.47. The third-order valence-electron chi connectivity index (χ3n) is 8.30. The topological polar surface area (TPSA) is 73.0 Å². The van der Waals surface area contributed by atoms with E-state index in [0.717, 1.165) is 38.8 Å². The van der Waals surface area contributed by atoms with Gasteiger partial charge in [0.05, 0.1) is 5.41 Å². The number of nitrogens with zero attached hydrogens (tertiary/aromatic N) is 3. The Morgan fingerprint density at radius 2 is 1.77 bits per heavy atom. The van der Waals surface area contributed by atoms with Crippen LogP contribution in [0.5, 0.6) is 0 Å². The number of aliphatic hydroxyl groups is 1. The number of hydrogen-bond donors (Lipinski definition) is 2. The lowest BCUT2D eigenvalue weighted by Gasteiger charge is -2.51. The highest BCUT2D eigenvalue weighted by molar-refractivity contribution is 5.80. The predicted octanol–water partition coefficient (Wildman–Crippen LogP) is 2.57. The number of aliphatic hydroxyl groups excluding tert-OH is 1. The van der Waals surface area contributed by atoms with Crippen LogP contribution in [0.15, 0.2) is 30.3 Å². The molecule has 31 heavy (non-hydrogen) atoms. The molecule has 1 saturated heterocycles. The van der Waals surface area contributed by atoms with Crippen molar-refractivity contribution in [2.45, 2.75) is 69.8 Å². The van der Waals surface area contributed by atoms with Crippen molar-refractivity contribution < 1.29 is 9.90 Å². The van der Waals surface area contributed by atoms with Gasteiger partial charge in [-0.05, 0) is 77.9 Å². The van der Waals surface area contributed by atoms with Crippen LogP contribution in [-0.4, -0.2) is 71.3 Å². The summed E-state index contributed by atoms with van der Waals surface area (Å²) in [7, 11) is 4.39. The molecule has 3 fully saturated rings. The van der Waals surface area contributed by atoms with E-state index in [1.807, 2.05) is 13.8 Å². The molecule has 2 saturated carbocycles. The van der Waals surface area contributed by atoms with Gasteiger partial charge >= 0.3 is 0 Å². The number of carbonyl (C=O) groups excluding carboxylic acids is 1. The van der Waals surface area contributed by atoms with Crippen LogP contribution in [0.3, 0.4) is 0 Å². The molecule has 6 nitrogen and oxygen atoms in total. The van der Waals surface area contributed by atoms with Crippen LogP contribution in [0.25, 0.3) is 0 Å². The zero-order valence-electron chi connectivity index (χ0n) is 19.7. The number of rotatable bonds is 7. The molecule has 6 heteroatoms. The summed E-state index contributed by atoms with van der Waals surface area (Å²) in [5.41, 5.74) is 6.37. The van der Waals surface area contributed by atoms with E-state index in [1.54, 1.807) is 0 Å². The second kappa shape index (κ2) is 8.14. The normalized spacial score (nSPS) is 32.8. The lowest BCUT2D eigenvalue weighted by atomic mass is 9.68. The largest absolute Gasteiger partial charge is 0.369 e. The zero-order chi connectivity index (χ0) is 22.4. The van der Waals surface area contributed by atoms with E-state index in [2.05, 4.69) is 59.1 Å². The second-order valence-electron chi connectivity index (χ2n) is 11.1. The van der Waals surface area contributed by atoms with Crippen LogP contribution >= 0.6 is 0 Å². The molecule has 0 radical (unpaired) electrons. The minimum atomic E-state index is -0.663. The number of primary amides is 1. The van der Waals surface area contributed by atoms with Gasteiger partial charge in [0, 0.05) is 30.7 Å². The first kappa shape index (κ1) is 22.7.